The molecule has 0 amide bonds. The SMILES string of the molecule is CC(O)c1cn(Cc2cc(F)ccc2F)nn1. The Hall–Kier alpha value is -1.82. The third-order valence-corrected chi connectivity index (χ3v) is 2.32. The first-order valence-corrected chi connectivity index (χ1v) is 5.08. The molecule has 1 heterocycles. The lowest BCUT2D eigenvalue weighted by molar-refractivity contribution is 0.194. The Kier molecular flexibility index (Phi) is 3.14. The van der Waals surface area contributed by atoms with Crippen molar-refractivity contribution in [3.63, 3.8) is 0 Å². The van der Waals surface area contributed by atoms with E-state index in [1.54, 1.807) is 6.92 Å². The molecule has 90 valence electrons. The second-order valence-electron chi connectivity index (χ2n) is 3.75. The van der Waals surface area contributed by atoms with Crippen LogP contribution in [-0.2, 0) is 6.54 Å². The molecule has 0 aliphatic carbocycles. The van der Waals surface area contributed by atoms with E-state index < -0.39 is 17.7 Å². The maximum absolute atomic E-state index is 13.3. The number of hydrogen-bond donors (Lipinski definition) is 1. The van der Waals surface area contributed by atoms with Crippen LogP contribution in [0.2, 0.25) is 0 Å². The maximum atomic E-state index is 13.3. The van der Waals surface area contributed by atoms with Crippen molar-refractivity contribution in [3.8, 4) is 0 Å². The summed E-state index contributed by atoms with van der Waals surface area (Å²) < 4.78 is 27.6. The second kappa shape index (κ2) is 4.58. The number of aliphatic hydroxyl groups excluding tert-OH is 1. The molecule has 2 rings (SSSR count). The zero-order valence-electron chi connectivity index (χ0n) is 9.14. The van der Waals surface area contributed by atoms with Gasteiger partial charge in [-0.2, -0.15) is 0 Å². The van der Waals surface area contributed by atoms with Gasteiger partial charge in [0.05, 0.1) is 18.8 Å². The third-order valence-electron chi connectivity index (χ3n) is 2.32. The molecule has 0 aliphatic rings. The van der Waals surface area contributed by atoms with Crippen LogP contribution in [0.1, 0.15) is 24.3 Å². The van der Waals surface area contributed by atoms with Crippen LogP contribution in [0.4, 0.5) is 8.78 Å². The van der Waals surface area contributed by atoms with Gasteiger partial charge in [0.25, 0.3) is 0 Å². The van der Waals surface area contributed by atoms with E-state index in [9.17, 15) is 13.9 Å². The second-order valence-corrected chi connectivity index (χ2v) is 3.75. The fourth-order valence-corrected chi connectivity index (χ4v) is 1.42. The average Bonchev–Trinajstić information content (AvgIpc) is 2.72. The smallest absolute Gasteiger partial charge is 0.128 e. The van der Waals surface area contributed by atoms with Crippen LogP contribution in [0, 0.1) is 11.6 Å². The van der Waals surface area contributed by atoms with Crippen LogP contribution in [0.5, 0.6) is 0 Å². The Morgan fingerprint density at radius 1 is 1.41 bits per heavy atom. The number of halogens is 2. The summed E-state index contributed by atoms with van der Waals surface area (Å²) in [6.07, 6.45) is 0.760. The number of hydrogen-bond acceptors (Lipinski definition) is 3. The summed E-state index contributed by atoms with van der Waals surface area (Å²) in [7, 11) is 0. The van der Waals surface area contributed by atoms with Gasteiger partial charge in [-0.3, -0.25) is 0 Å². The van der Waals surface area contributed by atoms with Crippen LogP contribution in [0.15, 0.2) is 24.4 Å². The van der Waals surface area contributed by atoms with Crippen LogP contribution < -0.4 is 0 Å². The quantitative estimate of drug-likeness (QED) is 0.886. The molecule has 1 N–H and O–H groups in total. The number of aromatic nitrogens is 3. The molecule has 0 aliphatic heterocycles. The van der Waals surface area contributed by atoms with E-state index in [0.29, 0.717) is 5.69 Å². The van der Waals surface area contributed by atoms with E-state index in [1.165, 1.54) is 10.9 Å². The van der Waals surface area contributed by atoms with Gasteiger partial charge in [-0.1, -0.05) is 5.21 Å². The van der Waals surface area contributed by atoms with Crippen molar-refractivity contribution >= 4 is 0 Å². The Labute approximate surface area is 96.5 Å². The van der Waals surface area contributed by atoms with Crippen LogP contribution in [0.3, 0.4) is 0 Å². The van der Waals surface area contributed by atoms with Gasteiger partial charge >= 0.3 is 0 Å². The minimum Gasteiger partial charge on any atom is -0.387 e. The third kappa shape index (κ3) is 2.65. The Bertz CT molecular complexity index is 525. The summed E-state index contributed by atoms with van der Waals surface area (Å²) >= 11 is 0. The predicted molar refractivity (Wildman–Crippen MR) is 56.1 cm³/mol. The molecule has 4 nitrogen and oxygen atoms in total. The summed E-state index contributed by atoms with van der Waals surface area (Å²) in [6, 6.07) is 3.23. The summed E-state index contributed by atoms with van der Waals surface area (Å²) in [6.45, 7) is 1.63. The summed E-state index contributed by atoms with van der Waals surface area (Å²) in [5.41, 5.74) is 0.578. The molecule has 17 heavy (non-hydrogen) atoms. The van der Waals surface area contributed by atoms with Crippen molar-refractivity contribution in [3.05, 3.63) is 47.3 Å². The molecule has 2 aromatic rings. The van der Waals surface area contributed by atoms with Gasteiger partial charge in [-0.15, -0.1) is 5.10 Å². The van der Waals surface area contributed by atoms with Crippen molar-refractivity contribution in [2.75, 3.05) is 0 Å². The highest BCUT2D eigenvalue weighted by Gasteiger charge is 2.09. The van der Waals surface area contributed by atoms with Crippen molar-refractivity contribution in [2.45, 2.75) is 19.6 Å². The maximum Gasteiger partial charge on any atom is 0.128 e. The van der Waals surface area contributed by atoms with E-state index in [0.717, 1.165) is 18.2 Å². The van der Waals surface area contributed by atoms with Gasteiger partial charge in [0.15, 0.2) is 0 Å². The predicted octanol–water partition coefficient (Wildman–Crippen LogP) is 1.66. The molecule has 1 aromatic heterocycles. The molecule has 0 bridgehead atoms. The van der Waals surface area contributed by atoms with E-state index in [-0.39, 0.29) is 12.1 Å². The zero-order chi connectivity index (χ0) is 12.4. The highest BCUT2D eigenvalue weighted by Crippen LogP contribution is 2.12. The first-order valence-electron chi connectivity index (χ1n) is 5.08. The molecule has 1 aromatic carbocycles. The van der Waals surface area contributed by atoms with Gasteiger partial charge < -0.3 is 5.11 Å². The van der Waals surface area contributed by atoms with Crippen LogP contribution in [0.25, 0.3) is 0 Å². The fraction of sp³-hybridized carbons (Fsp3) is 0.273. The normalized spacial score (nSPS) is 12.7. The van der Waals surface area contributed by atoms with Crippen molar-refractivity contribution < 1.29 is 13.9 Å². The topological polar surface area (TPSA) is 50.9 Å². The Balaban J connectivity index is 2.22. The van der Waals surface area contributed by atoms with Gasteiger partial charge in [-0.05, 0) is 25.1 Å². The molecule has 6 heteroatoms. The minimum atomic E-state index is -0.735. The molecular formula is C11H11F2N3O. The monoisotopic (exact) mass is 239 g/mol. The molecule has 0 saturated heterocycles. The van der Waals surface area contributed by atoms with Gasteiger partial charge in [-0.25, -0.2) is 13.5 Å². The zero-order valence-corrected chi connectivity index (χ0v) is 9.14. The fourth-order valence-electron chi connectivity index (χ4n) is 1.42. The van der Waals surface area contributed by atoms with E-state index in [2.05, 4.69) is 10.3 Å². The van der Waals surface area contributed by atoms with Crippen molar-refractivity contribution in [1.82, 2.24) is 15.0 Å². The van der Waals surface area contributed by atoms with Gasteiger partial charge in [0.2, 0.25) is 0 Å². The summed E-state index contributed by atoms with van der Waals surface area (Å²) in [4.78, 5) is 0. The Morgan fingerprint density at radius 2 is 2.18 bits per heavy atom. The lowest BCUT2D eigenvalue weighted by Gasteiger charge is -2.02. The van der Waals surface area contributed by atoms with E-state index in [1.807, 2.05) is 0 Å². The van der Waals surface area contributed by atoms with Crippen molar-refractivity contribution in [1.29, 1.82) is 0 Å². The number of benzene rings is 1. The largest absolute Gasteiger partial charge is 0.387 e. The van der Waals surface area contributed by atoms with Crippen LogP contribution in [-0.4, -0.2) is 20.1 Å². The highest BCUT2D eigenvalue weighted by atomic mass is 19.1. The van der Waals surface area contributed by atoms with E-state index in [4.69, 9.17) is 0 Å². The molecule has 0 spiro atoms. The lowest BCUT2D eigenvalue weighted by atomic mass is 10.2. The van der Waals surface area contributed by atoms with Gasteiger partial charge in [0.1, 0.15) is 17.3 Å². The number of aliphatic hydroxyl groups is 1. The number of nitrogens with zero attached hydrogens (tertiary/aromatic N) is 3. The van der Waals surface area contributed by atoms with Crippen LogP contribution >= 0.6 is 0 Å². The molecule has 1 unspecified atom stereocenters. The molecular weight excluding hydrogens is 228 g/mol. The minimum absolute atomic E-state index is 0.0727. The summed E-state index contributed by atoms with van der Waals surface area (Å²) in [5.74, 6) is -1.00. The average molecular weight is 239 g/mol. The molecule has 0 saturated carbocycles. The lowest BCUT2D eigenvalue weighted by Crippen LogP contribution is -2.03. The van der Waals surface area contributed by atoms with Crippen molar-refractivity contribution in [2.24, 2.45) is 0 Å². The summed E-state index contributed by atoms with van der Waals surface area (Å²) in [5, 5.41) is 16.7. The highest BCUT2D eigenvalue weighted by molar-refractivity contribution is 5.19. The standard InChI is InChI=1S/C11H11F2N3O/c1-7(17)11-6-16(15-14-11)5-8-4-9(12)2-3-10(8)13/h2-4,6-7,17H,5H2,1H3. The molecule has 0 radical (unpaired) electrons. The molecule has 1 atom stereocenters. The van der Waals surface area contributed by atoms with E-state index >= 15 is 0 Å². The van der Waals surface area contributed by atoms with Gasteiger partial charge in [0, 0.05) is 5.56 Å². The first kappa shape index (κ1) is 11.7. The number of rotatable bonds is 3. The first-order chi connectivity index (χ1) is 8.06. The molecule has 0 fully saturated rings. The Morgan fingerprint density at radius 3 is 2.82 bits per heavy atom.